The first-order valence-corrected chi connectivity index (χ1v) is 10.5. The third kappa shape index (κ3) is 5.35. The molecule has 0 bridgehead atoms. The van der Waals surface area contributed by atoms with Crippen LogP contribution in [0.25, 0.3) is 0 Å². The van der Waals surface area contributed by atoms with Gasteiger partial charge in [-0.2, -0.15) is 4.31 Å². The van der Waals surface area contributed by atoms with Crippen LogP contribution in [-0.2, 0) is 14.8 Å². The molecule has 0 spiro atoms. The van der Waals surface area contributed by atoms with E-state index in [0.717, 1.165) is 0 Å². The van der Waals surface area contributed by atoms with Crippen LogP contribution in [0.5, 0.6) is 5.75 Å². The summed E-state index contributed by atoms with van der Waals surface area (Å²) in [6.07, 6.45) is 0. The molecule has 0 saturated heterocycles. The summed E-state index contributed by atoms with van der Waals surface area (Å²) in [5, 5.41) is 3.20. The Hall–Kier alpha value is -1.80. The quantitative estimate of drug-likeness (QED) is 0.685. The third-order valence-corrected chi connectivity index (χ3v) is 6.62. The summed E-state index contributed by atoms with van der Waals surface area (Å²) >= 11 is 11.9. The van der Waals surface area contributed by atoms with Crippen molar-refractivity contribution in [3.63, 3.8) is 0 Å². The van der Waals surface area contributed by atoms with Gasteiger partial charge in [0.05, 0.1) is 9.92 Å². The molecule has 2 rings (SSSR count). The van der Waals surface area contributed by atoms with Gasteiger partial charge in [0, 0.05) is 18.8 Å². The molecular weight excluding hydrogens is 411 g/mol. The molecule has 0 unspecified atom stereocenters. The Balaban J connectivity index is 2.00. The van der Waals surface area contributed by atoms with Gasteiger partial charge in [-0.25, -0.2) is 8.42 Å². The number of rotatable bonds is 8. The summed E-state index contributed by atoms with van der Waals surface area (Å²) in [5.41, 5.74) is 0.458. The summed E-state index contributed by atoms with van der Waals surface area (Å²) in [6.45, 7) is 4.07. The van der Waals surface area contributed by atoms with Crippen molar-refractivity contribution in [3.05, 3.63) is 52.5 Å². The van der Waals surface area contributed by atoms with Crippen LogP contribution in [-0.4, -0.2) is 38.3 Å². The molecule has 6 nitrogen and oxygen atoms in total. The fraction of sp³-hybridized carbons (Fsp3) is 0.278. The molecule has 0 fully saturated rings. The molecule has 0 radical (unpaired) electrons. The van der Waals surface area contributed by atoms with Crippen molar-refractivity contribution in [1.29, 1.82) is 0 Å². The molecule has 9 heteroatoms. The summed E-state index contributed by atoms with van der Waals surface area (Å²) in [7, 11) is -3.53. The van der Waals surface area contributed by atoms with Gasteiger partial charge in [0.15, 0.2) is 6.61 Å². The summed E-state index contributed by atoms with van der Waals surface area (Å²) in [4.78, 5) is 12.2. The number of benzene rings is 2. The number of halogens is 2. The highest BCUT2D eigenvalue weighted by Gasteiger charge is 2.21. The number of sulfonamides is 1. The molecule has 0 aromatic heterocycles. The second kappa shape index (κ2) is 9.41. The maximum absolute atomic E-state index is 12.4. The number of carbonyl (C=O) groups is 1. The van der Waals surface area contributed by atoms with Crippen molar-refractivity contribution in [3.8, 4) is 5.75 Å². The molecule has 0 saturated carbocycles. The van der Waals surface area contributed by atoms with E-state index in [1.807, 2.05) is 0 Å². The average Bonchev–Trinajstić information content (AvgIpc) is 2.64. The summed E-state index contributed by atoms with van der Waals surface area (Å²) < 4.78 is 31.6. The van der Waals surface area contributed by atoms with E-state index in [1.54, 1.807) is 32.0 Å². The van der Waals surface area contributed by atoms with E-state index >= 15 is 0 Å². The predicted octanol–water partition coefficient (Wildman–Crippen LogP) is 4.04. The van der Waals surface area contributed by atoms with Gasteiger partial charge in [-0.3, -0.25) is 4.79 Å². The van der Waals surface area contributed by atoms with Crippen LogP contribution in [0.2, 0.25) is 10.0 Å². The van der Waals surface area contributed by atoms with Crippen molar-refractivity contribution < 1.29 is 17.9 Å². The Kier molecular flexibility index (Phi) is 7.49. The van der Waals surface area contributed by atoms with E-state index in [0.29, 0.717) is 29.5 Å². The Labute approximate surface area is 169 Å². The molecular formula is C18H20Cl2N2O4S. The monoisotopic (exact) mass is 430 g/mol. The van der Waals surface area contributed by atoms with Crippen LogP contribution in [0.3, 0.4) is 0 Å². The van der Waals surface area contributed by atoms with Gasteiger partial charge in [0.25, 0.3) is 5.91 Å². The molecule has 0 heterocycles. The molecule has 2 aromatic carbocycles. The molecule has 0 aliphatic carbocycles. The largest absolute Gasteiger partial charge is 0.482 e. The normalized spacial score (nSPS) is 11.4. The van der Waals surface area contributed by atoms with E-state index in [1.165, 1.54) is 28.6 Å². The number of amides is 1. The molecule has 0 aliphatic heterocycles. The van der Waals surface area contributed by atoms with E-state index in [-0.39, 0.29) is 16.5 Å². The van der Waals surface area contributed by atoms with E-state index in [9.17, 15) is 13.2 Å². The highest BCUT2D eigenvalue weighted by Crippen LogP contribution is 2.31. The number of hydrogen-bond donors (Lipinski definition) is 1. The number of nitrogens with one attached hydrogen (secondary N) is 1. The zero-order valence-corrected chi connectivity index (χ0v) is 17.2. The Morgan fingerprint density at radius 3 is 2.30 bits per heavy atom. The fourth-order valence-corrected chi connectivity index (χ4v) is 4.16. The van der Waals surface area contributed by atoms with Crippen LogP contribution in [0.15, 0.2) is 47.4 Å². The first kappa shape index (κ1) is 21.5. The molecule has 1 amide bonds. The van der Waals surface area contributed by atoms with Crippen LogP contribution < -0.4 is 10.1 Å². The van der Waals surface area contributed by atoms with Gasteiger partial charge in [-0.1, -0.05) is 43.1 Å². The lowest BCUT2D eigenvalue weighted by molar-refractivity contribution is -0.118. The lowest BCUT2D eigenvalue weighted by Crippen LogP contribution is -2.30. The SMILES string of the molecule is CCN(CC)S(=O)(=O)c1ccc(NC(=O)COc2cccc(Cl)c2Cl)cc1. The molecule has 0 atom stereocenters. The van der Waals surface area contributed by atoms with Crippen molar-refractivity contribution >= 4 is 44.8 Å². The van der Waals surface area contributed by atoms with Crippen molar-refractivity contribution in [2.45, 2.75) is 18.7 Å². The van der Waals surface area contributed by atoms with E-state index in [4.69, 9.17) is 27.9 Å². The highest BCUT2D eigenvalue weighted by molar-refractivity contribution is 7.89. The average molecular weight is 431 g/mol. The summed E-state index contributed by atoms with van der Waals surface area (Å²) in [6, 6.07) is 10.9. The fourth-order valence-electron chi connectivity index (χ4n) is 2.36. The van der Waals surface area contributed by atoms with Gasteiger partial charge in [-0.15, -0.1) is 0 Å². The van der Waals surface area contributed by atoms with E-state index < -0.39 is 15.9 Å². The minimum absolute atomic E-state index is 0.172. The third-order valence-electron chi connectivity index (χ3n) is 3.76. The first-order chi connectivity index (χ1) is 12.8. The van der Waals surface area contributed by atoms with Gasteiger partial charge in [-0.05, 0) is 36.4 Å². The van der Waals surface area contributed by atoms with Gasteiger partial charge in [0.1, 0.15) is 10.8 Å². The van der Waals surface area contributed by atoms with Gasteiger partial charge >= 0.3 is 0 Å². The Bertz CT molecular complexity index is 898. The van der Waals surface area contributed by atoms with Crippen molar-refractivity contribution in [2.75, 3.05) is 25.0 Å². The minimum atomic E-state index is -3.53. The second-order valence-corrected chi connectivity index (χ2v) is 8.23. The lowest BCUT2D eigenvalue weighted by atomic mass is 10.3. The maximum atomic E-state index is 12.4. The van der Waals surface area contributed by atoms with Gasteiger partial charge < -0.3 is 10.1 Å². The molecule has 27 heavy (non-hydrogen) atoms. The molecule has 0 aliphatic rings. The highest BCUT2D eigenvalue weighted by atomic mass is 35.5. The lowest BCUT2D eigenvalue weighted by Gasteiger charge is -2.18. The molecule has 146 valence electrons. The maximum Gasteiger partial charge on any atom is 0.262 e. The van der Waals surface area contributed by atoms with Crippen LogP contribution in [0.4, 0.5) is 5.69 Å². The first-order valence-electron chi connectivity index (χ1n) is 8.26. The zero-order chi connectivity index (χ0) is 20.0. The van der Waals surface area contributed by atoms with Crippen molar-refractivity contribution in [2.24, 2.45) is 0 Å². The van der Waals surface area contributed by atoms with Crippen LogP contribution >= 0.6 is 23.2 Å². The van der Waals surface area contributed by atoms with Gasteiger partial charge in [0.2, 0.25) is 10.0 Å². The van der Waals surface area contributed by atoms with Crippen molar-refractivity contribution in [1.82, 2.24) is 4.31 Å². The number of carbonyl (C=O) groups excluding carboxylic acids is 1. The Morgan fingerprint density at radius 1 is 1.07 bits per heavy atom. The number of hydrogen-bond acceptors (Lipinski definition) is 4. The molecule has 2 aromatic rings. The number of ether oxygens (including phenoxy) is 1. The minimum Gasteiger partial charge on any atom is -0.482 e. The Morgan fingerprint density at radius 2 is 1.70 bits per heavy atom. The van der Waals surface area contributed by atoms with Crippen LogP contribution in [0, 0.1) is 0 Å². The van der Waals surface area contributed by atoms with E-state index in [2.05, 4.69) is 5.32 Å². The summed E-state index contributed by atoms with van der Waals surface area (Å²) in [5.74, 6) is -0.106. The second-order valence-electron chi connectivity index (χ2n) is 5.50. The topological polar surface area (TPSA) is 75.7 Å². The smallest absolute Gasteiger partial charge is 0.262 e. The zero-order valence-electron chi connectivity index (χ0n) is 14.9. The van der Waals surface area contributed by atoms with Crippen LogP contribution in [0.1, 0.15) is 13.8 Å². The standard InChI is InChI=1S/C18H20Cl2N2O4S/c1-3-22(4-2)27(24,25)14-10-8-13(9-11-14)21-17(23)12-26-16-7-5-6-15(19)18(16)20/h5-11H,3-4,12H2,1-2H3,(H,21,23). The number of anilines is 1. The molecule has 1 N–H and O–H groups in total. The predicted molar refractivity (Wildman–Crippen MR) is 107 cm³/mol. The number of nitrogens with zero attached hydrogens (tertiary/aromatic N) is 1.